The minimum absolute atomic E-state index is 0.0699. The Morgan fingerprint density at radius 3 is 2.31 bits per heavy atom. The van der Waals surface area contributed by atoms with Crippen molar-refractivity contribution in [2.24, 2.45) is 16.7 Å². The highest BCUT2D eigenvalue weighted by Crippen LogP contribution is 2.65. The van der Waals surface area contributed by atoms with Gasteiger partial charge in [-0.25, -0.2) is 0 Å². The van der Waals surface area contributed by atoms with Crippen LogP contribution in [0.25, 0.3) is 0 Å². The summed E-state index contributed by atoms with van der Waals surface area (Å²) in [6, 6.07) is 0. The first kappa shape index (κ1) is 8.98. The zero-order chi connectivity index (χ0) is 9.85. The molecule has 0 spiro atoms. The number of allylic oxidation sites excluding steroid dienone is 2. The lowest BCUT2D eigenvalue weighted by Gasteiger charge is -2.31. The van der Waals surface area contributed by atoms with E-state index in [0.717, 1.165) is 12.0 Å². The predicted molar refractivity (Wildman–Crippen MR) is 53.4 cm³/mol. The van der Waals surface area contributed by atoms with Crippen LogP contribution in [0.5, 0.6) is 0 Å². The minimum atomic E-state index is -0.0699. The molecule has 0 radical (unpaired) electrons. The summed E-state index contributed by atoms with van der Waals surface area (Å²) in [4.78, 5) is 12.1. The Morgan fingerprint density at radius 2 is 2.00 bits per heavy atom. The van der Waals surface area contributed by atoms with Crippen molar-refractivity contribution >= 4 is 5.78 Å². The van der Waals surface area contributed by atoms with Gasteiger partial charge in [-0.05, 0) is 36.7 Å². The summed E-state index contributed by atoms with van der Waals surface area (Å²) >= 11 is 0. The number of carbonyl (C=O) groups excluding carboxylic acids is 1. The summed E-state index contributed by atoms with van der Waals surface area (Å²) in [6.07, 6.45) is 4.31. The van der Waals surface area contributed by atoms with Gasteiger partial charge in [0.15, 0.2) is 5.78 Å². The molecule has 0 aromatic carbocycles. The fourth-order valence-corrected chi connectivity index (χ4v) is 3.26. The van der Waals surface area contributed by atoms with Crippen LogP contribution in [0.15, 0.2) is 11.6 Å². The quantitative estimate of drug-likeness (QED) is 0.521. The van der Waals surface area contributed by atoms with Crippen LogP contribution >= 0.6 is 0 Å². The van der Waals surface area contributed by atoms with E-state index in [1.165, 1.54) is 6.42 Å². The fraction of sp³-hybridized carbons (Fsp3) is 0.750. The summed E-state index contributed by atoms with van der Waals surface area (Å²) < 4.78 is 0. The van der Waals surface area contributed by atoms with Gasteiger partial charge in [-0.15, -0.1) is 0 Å². The molecule has 2 aliphatic carbocycles. The lowest BCUT2D eigenvalue weighted by molar-refractivity contribution is -0.125. The van der Waals surface area contributed by atoms with Crippen LogP contribution in [-0.2, 0) is 4.79 Å². The summed E-state index contributed by atoms with van der Waals surface area (Å²) in [7, 11) is 0. The molecule has 0 heterocycles. The number of Topliss-reactive ketones (excluding diaryl/α,β-unsaturated/α-hetero) is 1. The second kappa shape index (κ2) is 2.26. The van der Waals surface area contributed by atoms with E-state index in [1.54, 1.807) is 0 Å². The molecule has 0 aromatic rings. The lowest BCUT2D eigenvalue weighted by atomic mass is 9.70. The van der Waals surface area contributed by atoms with E-state index in [-0.39, 0.29) is 10.8 Å². The van der Waals surface area contributed by atoms with E-state index in [1.807, 2.05) is 13.0 Å². The Bertz CT molecular complexity index is 298. The van der Waals surface area contributed by atoms with Crippen LogP contribution in [0.3, 0.4) is 0 Å². The van der Waals surface area contributed by atoms with Gasteiger partial charge in [0.05, 0.1) is 0 Å². The third-order valence-corrected chi connectivity index (χ3v) is 4.68. The molecule has 2 atom stereocenters. The van der Waals surface area contributed by atoms with Gasteiger partial charge in [0.25, 0.3) is 0 Å². The monoisotopic (exact) mass is 178 g/mol. The maximum absolute atomic E-state index is 12.1. The molecule has 0 saturated heterocycles. The van der Waals surface area contributed by atoms with Gasteiger partial charge in [-0.3, -0.25) is 4.79 Å². The van der Waals surface area contributed by atoms with Gasteiger partial charge < -0.3 is 0 Å². The van der Waals surface area contributed by atoms with Crippen molar-refractivity contribution in [3.8, 4) is 0 Å². The Labute approximate surface area is 80.2 Å². The molecule has 13 heavy (non-hydrogen) atoms. The van der Waals surface area contributed by atoms with Crippen molar-refractivity contribution < 1.29 is 4.79 Å². The first-order valence-electron chi connectivity index (χ1n) is 5.16. The van der Waals surface area contributed by atoms with Crippen LogP contribution in [0.2, 0.25) is 0 Å². The molecule has 0 amide bonds. The van der Waals surface area contributed by atoms with E-state index in [9.17, 15) is 4.79 Å². The molecule has 0 N–H and O–H groups in total. The zero-order valence-electron chi connectivity index (χ0n) is 8.98. The van der Waals surface area contributed by atoms with Crippen molar-refractivity contribution in [3.05, 3.63) is 11.6 Å². The molecule has 2 bridgehead atoms. The van der Waals surface area contributed by atoms with Crippen LogP contribution < -0.4 is 0 Å². The molecule has 0 unspecified atom stereocenters. The standard InChI is InChI=1S/C12H18O/c1-5-8-9-6-7-12(4,10(8)13)11(9,2)3/h5,9H,6-7H2,1-4H3/b8-5-/t9-,12+/m0/s1. The Hall–Kier alpha value is -0.590. The SMILES string of the molecule is C/C=C1\C(=O)[C@@]2(C)CC[C@@H]1C2(C)C. The van der Waals surface area contributed by atoms with Gasteiger partial charge in [-0.2, -0.15) is 0 Å². The average molecular weight is 178 g/mol. The van der Waals surface area contributed by atoms with Crippen LogP contribution in [-0.4, -0.2) is 5.78 Å². The highest BCUT2D eigenvalue weighted by atomic mass is 16.1. The molecular weight excluding hydrogens is 160 g/mol. The predicted octanol–water partition coefficient (Wildman–Crippen LogP) is 2.96. The van der Waals surface area contributed by atoms with Gasteiger partial charge in [-0.1, -0.05) is 26.8 Å². The fourth-order valence-electron chi connectivity index (χ4n) is 3.26. The highest BCUT2D eigenvalue weighted by molar-refractivity contribution is 6.04. The molecular formula is C12H18O. The Morgan fingerprint density at radius 1 is 1.38 bits per heavy atom. The van der Waals surface area contributed by atoms with E-state index < -0.39 is 0 Å². The van der Waals surface area contributed by atoms with Crippen LogP contribution in [0.4, 0.5) is 0 Å². The molecule has 2 aliphatic rings. The number of carbonyl (C=O) groups is 1. The molecule has 72 valence electrons. The third-order valence-electron chi connectivity index (χ3n) is 4.68. The number of hydrogen-bond acceptors (Lipinski definition) is 1. The van der Waals surface area contributed by atoms with Crippen molar-refractivity contribution in [2.75, 3.05) is 0 Å². The van der Waals surface area contributed by atoms with Gasteiger partial charge in [0.2, 0.25) is 0 Å². The number of hydrogen-bond donors (Lipinski definition) is 0. The normalized spacial score (nSPS) is 44.8. The number of ketones is 1. The lowest BCUT2D eigenvalue weighted by Crippen LogP contribution is -2.32. The Kier molecular flexibility index (Phi) is 1.56. The van der Waals surface area contributed by atoms with E-state index in [4.69, 9.17) is 0 Å². The van der Waals surface area contributed by atoms with Crippen molar-refractivity contribution in [1.82, 2.24) is 0 Å². The second-order valence-corrected chi connectivity index (χ2v) is 5.22. The zero-order valence-corrected chi connectivity index (χ0v) is 8.98. The molecule has 0 aromatic heterocycles. The van der Waals surface area contributed by atoms with E-state index in [2.05, 4.69) is 20.8 Å². The van der Waals surface area contributed by atoms with Gasteiger partial charge in [0, 0.05) is 5.41 Å². The summed E-state index contributed by atoms with van der Waals surface area (Å²) in [5.41, 5.74) is 1.21. The first-order chi connectivity index (χ1) is 5.95. The van der Waals surface area contributed by atoms with Gasteiger partial charge in [0.1, 0.15) is 0 Å². The average Bonchev–Trinajstić information content (AvgIpc) is 2.36. The Balaban J connectivity index is 2.57. The van der Waals surface area contributed by atoms with Crippen molar-refractivity contribution in [2.45, 2.75) is 40.5 Å². The summed E-state index contributed by atoms with van der Waals surface area (Å²) in [5, 5.41) is 0. The first-order valence-corrected chi connectivity index (χ1v) is 5.16. The molecule has 2 rings (SSSR count). The second-order valence-electron chi connectivity index (χ2n) is 5.22. The highest BCUT2D eigenvalue weighted by Gasteiger charge is 2.63. The number of fused-ring (bicyclic) bond motifs is 2. The topological polar surface area (TPSA) is 17.1 Å². The molecule has 2 fully saturated rings. The third kappa shape index (κ3) is 0.762. The van der Waals surface area contributed by atoms with Crippen molar-refractivity contribution in [3.63, 3.8) is 0 Å². The van der Waals surface area contributed by atoms with Gasteiger partial charge >= 0.3 is 0 Å². The van der Waals surface area contributed by atoms with E-state index >= 15 is 0 Å². The van der Waals surface area contributed by atoms with Crippen LogP contribution in [0.1, 0.15) is 40.5 Å². The van der Waals surface area contributed by atoms with Crippen LogP contribution in [0, 0.1) is 16.7 Å². The van der Waals surface area contributed by atoms with Crippen molar-refractivity contribution in [1.29, 1.82) is 0 Å². The van der Waals surface area contributed by atoms with E-state index in [0.29, 0.717) is 11.7 Å². The molecule has 1 heteroatoms. The summed E-state index contributed by atoms with van der Waals surface area (Å²) in [6.45, 7) is 8.64. The smallest absolute Gasteiger partial charge is 0.165 e. The largest absolute Gasteiger partial charge is 0.294 e. The summed E-state index contributed by atoms with van der Waals surface area (Å²) in [5.74, 6) is 0.936. The number of rotatable bonds is 0. The maximum Gasteiger partial charge on any atom is 0.165 e. The molecule has 0 aliphatic heterocycles. The molecule has 2 saturated carbocycles. The maximum atomic E-state index is 12.1. The minimum Gasteiger partial charge on any atom is -0.294 e. The molecule has 1 nitrogen and oxygen atoms in total.